The maximum Gasteiger partial charge on any atom is 0.343 e. The fraction of sp³-hybridized carbons (Fsp3) is 0.360. The number of piperidine rings is 1. The molecule has 1 aromatic heterocycles. The molecular formula is C25H29N3O6. The quantitative estimate of drug-likeness (QED) is 0.399. The highest BCUT2D eigenvalue weighted by molar-refractivity contribution is 5.77. The Hall–Kier alpha value is -3.56. The Bertz CT molecular complexity index is 1090. The summed E-state index contributed by atoms with van der Waals surface area (Å²) in [6.07, 6.45) is 1.38. The van der Waals surface area contributed by atoms with E-state index in [0.29, 0.717) is 48.4 Å². The van der Waals surface area contributed by atoms with Crippen LogP contribution in [0.15, 0.2) is 52.9 Å². The third-order valence-corrected chi connectivity index (χ3v) is 5.88. The van der Waals surface area contributed by atoms with Gasteiger partial charge in [0.25, 0.3) is 0 Å². The topological polar surface area (TPSA) is 109 Å². The molecule has 9 nitrogen and oxygen atoms in total. The van der Waals surface area contributed by atoms with Crippen molar-refractivity contribution in [1.29, 1.82) is 0 Å². The minimum Gasteiger partial charge on any atom is -0.497 e. The maximum absolute atomic E-state index is 12.0. The number of urea groups is 1. The van der Waals surface area contributed by atoms with E-state index >= 15 is 0 Å². The molecule has 1 fully saturated rings. The minimum absolute atomic E-state index is 0.0466. The van der Waals surface area contributed by atoms with Crippen LogP contribution in [0.5, 0.6) is 11.5 Å². The first-order valence-electron chi connectivity index (χ1n) is 11.2. The molecule has 4 rings (SSSR count). The molecule has 2 heterocycles. The third-order valence-electron chi connectivity index (χ3n) is 5.88. The van der Waals surface area contributed by atoms with Gasteiger partial charge in [0, 0.05) is 37.2 Å². The zero-order valence-electron chi connectivity index (χ0n) is 19.3. The highest BCUT2D eigenvalue weighted by Crippen LogP contribution is 2.38. The van der Waals surface area contributed by atoms with Gasteiger partial charge in [-0.3, -0.25) is 5.21 Å². The Balaban J connectivity index is 1.63. The molecule has 0 spiro atoms. The zero-order valence-corrected chi connectivity index (χ0v) is 19.3. The van der Waals surface area contributed by atoms with Crippen molar-refractivity contribution in [2.75, 3.05) is 40.5 Å². The molecule has 0 unspecified atom stereocenters. The number of benzene rings is 2. The lowest BCUT2D eigenvalue weighted by atomic mass is 9.97. The molecule has 0 aliphatic carbocycles. The van der Waals surface area contributed by atoms with Crippen molar-refractivity contribution in [1.82, 2.24) is 14.9 Å². The van der Waals surface area contributed by atoms with Crippen molar-refractivity contribution >= 4 is 6.03 Å². The predicted octanol–water partition coefficient (Wildman–Crippen LogP) is 4.01. The van der Waals surface area contributed by atoms with Gasteiger partial charge in [-0.05, 0) is 61.4 Å². The molecule has 2 aromatic carbocycles. The second kappa shape index (κ2) is 10.6. The van der Waals surface area contributed by atoms with Crippen LogP contribution in [0.3, 0.4) is 0 Å². The number of likely N-dealkylation sites (tertiary alicyclic amines) is 1. The molecule has 34 heavy (non-hydrogen) atoms. The van der Waals surface area contributed by atoms with Gasteiger partial charge in [-0.25, -0.2) is 14.8 Å². The molecule has 1 saturated heterocycles. The number of hydrogen-bond acceptors (Lipinski definition) is 7. The van der Waals surface area contributed by atoms with Gasteiger partial charge in [0.1, 0.15) is 23.8 Å². The van der Waals surface area contributed by atoms with Crippen molar-refractivity contribution in [2.24, 2.45) is 0 Å². The van der Waals surface area contributed by atoms with E-state index in [1.54, 1.807) is 12.0 Å². The molecule has 0 bridgehead atoms. The number of carbonyl (C=O) groups excluding carboxylic acids is 1. The molecule has 3 aromatic rings. The minimum atomic E-state index is -0.408. The predicted molar refractivity (Wildman–Crippen MR) is 125 cm³/mol. The van der Waals surface area contributed by atoms with Crippen molar-refractivity contribution in [2.45, 2.75) is 18.8 Å². The second-order valence-electron chi connectivity index (χ2n) is 8.12. The number of aliphatic hydroxyl groups excluding tert-OH is 1. The zero-order chi connectivity index (χ0) is 24.1. The van der Waals surface area contributed by atoms with Crippen molar-refractivity contribution in [3.8, 4) is 34.1 Å². The lowest BCUT2D eigenvalue weighted by Crippen LogP contribution is -2.43. The van der Waals surface area contributed by atoms with Crippen LogP contribution in [-0.2, 0) is 0 Å². The number of hydrogen-bond donors (Lipinski definition) is 2. The van der Waals surface area contributed by atoms with Crippen molar-refractivity contribution in [3.05, 3.63) is 54.4 Å². The Labute approximate surface area is 198 Å². The number of carbonyl (C=O) groups is 1. The van der Waals surface area contributed by atoms with E-state index in [4.69, 9.17) is 24.0 Å². The normalized spacial score (nSPS) is 14.2. The van der Waals surface area contributed by atoms with Gasteiger partial charge in [0.15, 0.2) is 11.7 Å². The van der Waals surface area contributed by atoms with Crippen LogP contribution in [0.1, 0.15) is 24.7 Å². The molecule has 1 aliphatic rings. The lowest BCUT2D eigenvalue weighted by molar-refractivity contribution is -0.0358. The van der Waals surface area contributed by atoms with E-state index in [-0.39, 0.29) is 19.1 Å². The standard InChI is InChI=1S/C25H29N3O6/c1-27(31)25(30)28-13-11-19(12-14-28)24-26-22(17-3-9-21(10-4-17)33-16-15-29)23(34-24)18-5-7-20(32-2)8-6-18/h3-10,19,29,31H,11-16H2,1-2H3. The summed E-state index contributed by atoms with van der Waals surface area (Å²) in [6, 6.07) is 14.7. The molecule has 2 N–H and O–H groups in total. The maximum atomic E-state index is 12.0. The lowest BCUT2D eigenvalue weighted by Gasteiger charge is -2.31. The van der Waals surface area contributed by atoms with E-state index in [1.807, 2.05) is 48.5 Å². The summed E-state index contributed by atoms with van der Waals surface area (Å²) < 4.78 is 17.1. The SMILES string of the molecule is COc1ccc(-c2oc(C3CCN(C(=O)N(C)O)CC3)nc2-c2ccc(OCCO)cc2)cc1. The van der Waals surface area contributed by atoms with Gasteiger partial charge in [0.2, 0.25) is 0 Å². The number of oxazole rings is 1. The van der Waals surface area contributed by atoms with E-state index in [0.717, 1.165) is 22.6 Å². The van der Waals surface area contributed by atoms with Crippen molar-refractivity contribution < 1.29 is 29.0 Å². The van der Waals surface area contributed by atoms with Gasteiger partial charge in [0.05, 0.1) is 13.7 Å². The first kappa shape index (κ1) is 23.6. The van der Waals surface area contributed by atoms with Crippen LogP contribution >= 0.6 is 0 Å². The largest absolute Gasteiger partial charge is 0.497 e. The van der Waals surface area contributed by atoms with Crippen LogP contribution in [0.2, 0.25) is 0 Å². The van der Waals surface area contributed by atoms with E-state index in [9.17, 15) is 10.0 Å². The number of hydroxylamine groups is 2. The monoisotopic (exact) mass is 467 g/mol. The molecule has 0 saturated carbocycles. The number of ether oxygens (including phenoxy) is 2. The van der Waals surface area contributed by atoms with Crippen molar-refractivity contribution in [3.63, 3.8) is 0 Å². The highest BCUT2D eigenvalue weighted by atomic mass is 16.5. The summed E-state index contributed by atoms with van der Waals surface area (Å²) in [4.78, 5) is 18.5. The second-order valence-corrected chi connectivity index (χ2v) is 8.12. The Morgan fingerprint density at radius 1 is 1.09 bits per heavy atom. The average Bonchev–Trinajstić information content (AvgIpc) is 3.33. The smallest absolute Gasteiger partial charge is 0.343 e. The molecule has 180 valence electrons. The Kier molecular flexibility index (Phi) is 7.34. The van der Waals surface area contributed by atoms with Crippen LogP contribution in [0, 0.1) is 0 Å². The highest BCUT2D eigenvalue weighted by Gasteiger charge is 2.29. The Morgan fingerprint density at radius 3 is 2.29 bits per heavy atom. The summed E-state index contributed by atoms with van der Waals surface area (Å²) in [5.74, 6) is 2.77. The number of rotatable bonds is 7. The number of aromatic nitrogens is 1. The summed E-state index contributed by atoms with van der Waals surface area (Å²) in [5.41, 5.74) is 2.49. The fourth-order valence-corrected chi connectivity index (χ4v) is 4.04. The number of amides is 2. The number of methoxy groups -OCH3 is 1. The van der Waals surface area contributed by atoms with E-state index in [2.05, 4.69) is 0 Å². The van der Waals surface area contributed by atoms with Crippen LogP contribution < -0.4 is 9.47 Å². The van der Waals surface area contributed by atoms with Gasteiger partial charge in [-0.1, -0.05) is 0 Å². The van der Waals surface area contributed by atoms with Crippen LogP contribution in [0.25, 0.3) is 22.6 Å². The molecule has 9 heteroatoms. The summed E-state index contributed by atoms with van der Waals surface area (Å²) in [6.45, 7) is 1.22. The molecule has 0 radical (unpaired) electrons. The molecule has 1 aliphatic heterocycles. The fourth-order valence-electron chi connectivity index (χ4n) is 4.04. The molecule has 2 amide bonds. The van der Waals surface area contributed by atoms with Gasteiger partial charge >= 0.3 is 6.03 Å². The van der Waals surface area contributed by atoms with Gasteiger partial charge < -0.3 is 23.9 Å². The molecule has 0 atom stereocenters. The van der Waals surface area contributed by atoms with E-state index in [1.165, 1.54) is 7.05 Å². The Morgan fingerprint density at radius 2 is 1.71 bits per heavy atom. The molecular weight excluding hydrogens is 438 g/mol. The van der Waals surface area contributed by atoms with Gasteiger partial charge in [-0.2, -0.15) is 0 Å². The van der Waals surface area contributed by atoms with Crippen LogP contribution in [0.4, 0.5) is 4.79 Å². The first-order chi connectivity index (χ1) is 16.5. The van der Waals surface area contributed by atoms with E-state index < -0.39 is 6.03 Å². The summed E-state index contributed by atoms with van der Waals surface area (Å²) in [5, 5.41) is 19.0. The number of nitrogens with zero attached hydrogens (tertiary/aromatic N) is 3. The average molecular weight is 468 g/mol. The van der Waals surface area contributed by atoms with Gasteiger partial charge in [-0.15, -0.1) is 0 Å². The third kappa shape index (κ3) is 5.16. The first-order valence-corrected chi connectivity index (χ1v) is 11.2. The summed E-state index contributed by atoms with van der Waals surface area (Å²) >= 11 is 0. The van der Waals surface area contributed by atoms with Crippen LogP contribution in [-0.4, -0.2) is 71.8 Å². The summed E-state index contributed by atoms with van der Waals surface area (Å²) in [7, 11) is 2.95. The number of aliphatic hydroxyl groups is 1.